The number of carbonyl (C=O) groups is 1. The zero-order valence-electron chi connectivity index (χ0n) is 14.4. The number of hydrogen-bond acceptors (Lipinski definition) is 2. The fourth-order valence-corrected chi connectivity index (χ4v) is 2.43. The van der Waals surface area contributed by atoms with Crippen molar-refractivity contribution in [3.63, 3.8) is 0 Å². The number of aryl methyl sites for hydroxylation is 1. The molecule has 0 aliphatic carbocycles. The van der Waals surface area contributed by atoms with Crippen LogP contribution in [0, 0.1) is 5.82 Å². The van der Waals surface area contributed by atoms with Crippen LogP contribution < -0.4 is 10.1 Å². The Morgan fingerprint density at radius 1 is 1.08 bits per heavy atom. The molecule has 0 saturated heterocycles. The molecule has 2 aromatic carbocycles. The minimum absolute atomic E-state index is 0.172. The highest BCUT2D eigenvalue weighted by atomic mass is 19.1. The van der Waals surface area contributed by atoms with Crippen molar-refractivity contribution in [1.82, 2.24) is 5.32 Å². The molecule has 2 rings (SSSR count). The van der Waals surface area contributed by atoms with Crippen molar-refractivity contribution in [2.45, 2.75) is 45.8 Å². The normalized spacial score (nSPS) is 13.2. The minimum Gasteiger partial charge on any atom is -0.481 e. The van der Waals surface area contributed by atoms with Crippen LogP contribution in [0.5, 0.6) is 5.75 Å². The van der Waals surface area contributed by atoms with Crippen molar-refractivity contribution in [2.24, 2.45) is 0 Å². The quantitative estimate of drug-likeness (QED) is 0.816. The second-order valence-corrected chi connectivity index (χ2v) is 5.79. The van der Waals surface area contributed by atoms with Gasteiger partial charge in [-0.25, -0.2) is 4.39 Å². The smallest absolute Gasteiger partial charge is 0.261 e. The van der Waals surface area contributed by atoms with Crippen molar-refractivity contribution in [2.75, 3.05) is 0 Å². The van der Waals surface area contributed by atoms with Crippen molar-refractivity contribution in [1.29, 1.82) is 0 Å². The fraction of sp³-hybridized carbons (Fsp3) is 0.350. The Morgan fingerprint density at radius 3 is 2.25 bits per heavy atom. The molecule has 0 saturated carbocycles. The van der Waals surface area contributed by atoms with E-state index in [1.54, 1.807) is 12.1 Å². The first-order valence-corrected chi connectivity index (χ1v) is 8.35. The zero-order valence-corrected chi connectivity index (χ0v) is 14.4. The first kappa shape index (κ1) is 18.0. The predicted octanol–water partition coefficient (Wildman–Crippen LogP) is 4.42. The highest BCUT2D eigenvalue weighted by Gasteiger charge is 2.20. The summed E-state index contributed by atoms with van der Waals surface area (Å²) < 4.78 is 18.8. The zero-order chi connectivity index (χ0) is 17.5. The van der Waals surface area contributed by atoms with Crippen LogP contribution in [0.2, 0.25) is 0 Å². The molecular weight excluding hydrogens is 305 g/mol. The van der Waals surface area contributed by atoms with E-state index in [9.17, 15) is 9.18 Å². The monoisotopic (exact) mass is 329 g/mol. The maximum Gasteiger partial charge on any atom is 0.261 e. The van der Waals surface area contributed by atoms with Gasteiger partial charge in [-0.3, -0.25) is 4.79 Å². The molecule has 4 heteroatoms. The Hall–Kier alpha value is -2.36. The molecule has 1 amide bonds. The first-order valence-electron chi connectivity index (χ1n) is 8.35. The van der Waals surface area contributed by atoms with Crippen LogP contribution >= 0.6 is 0 Å². The van der Waals surface area contributed by atoms with Gasteiger partial charge in [-0.1, -0.05) is 38.1 Å². The molecular formula is C20H24FNO2. The van der Waals surface area contributed by atoms with Gasteiger partial charge in [0.1, 0.15) is 11.6 Å². The second-order valence-electron chi connectivity index (χ2n) is 5.79. The summed E-state index contributed by atoms with van der Waals surface area (Å²) in [5, 5.41) is 2.92. The third kappa shape index (κ3) is 4.82. The third-order valence-corrected chi connectivity index (χ3v) is 4.00. The van der Waals surface area contributed by atoms with E-state index < -0.39 is 6.10 Å². The second kappa shape index (κ2) is 8.48. The van der Waals surface area contributed by atoms with Gasteiger partial charge >= 0.3 is 0 Å². The van der Waals surface area contributed by atoms with Gasteiger partial charge in [0, 0.05) is 0 Å². The molecule has 0 unspecified atom stereocenters. The van der Waals surface area contributed by atoms with Crippen LogP contribution in [0.4, 0.5) is 4.39 Å². The van der Waals surface area contributed by atoms with E-state index in [1.807, 2.05) is 38.1 Å². The van der Waals surface area contributed by atoms with E-state index in [4.69, 9.17) is 4.74 Å². The first-order chi connectivity index (χ1) is 11.5. The highest BCUT2D eigenvalue weighted by molar-refractivity contribution is 5.81. The molecule has 0 bridgehead atoms. The predicted molar refractivity (Wildman–Crippen MR) is 93.5 cm³/mol. The van der Waals surface area contributed by atoms with Gasteiger partial charge in [-0.05, 0) is 55.2 Å². The van der Waals surface area contributed by atoms with Crippen LogP contribution in [-0.2, 0) is 11.2 Å². The average molecular weight is 329 g/mol. The maximum atomic E-state index is 13.0. The summed E-state index contributed by atoms with van der Waals surface area (Å²) in [5.41, 5.74) is 2.08. The summed E-state index contributed by atoms with van der Waals surface area (Å²) in [4.78, 5) is 12.4. The van der Waals surface area contributed by atoms with Gasteiger partial charge in [-0.15, -0.1) is 0 Å². The molecule has 2 aromatic rings. The summed E-state index contributed by atoms with van der Waals surface area (Å²) in [7, 11) is 0. The number of halogens is 1. The topological polar surface area (TPSA) is 38.3 Å². The SMILES string of the molecule is CCc1ccc(O[C@@H](CC)C(=O)N[C@H](C)c2ccc(F)cc2)cc1. The Morgan fingerprint density at radius 2 is 1.71 bits per heavy atom. The number of ether oxygens (including phenoxy) is 1. The lowest BCUT2D eigenvalue weighted by Crippen LogP contribution is -2.39. The van der Waals surface area contributed by atoms with E-state index in [1.165, 1.54) is 17.7 Å². The number of hydrogen-bond donors (Lipinski definition) is 1. The number of rotatable bonds is 7. The molecule has 3 nitrogen and oxygen atoms in total. The Balaban J connectivity index is 1.98. The number of nitrogens with one attached hydrogen (secondary N) is 1. The van der Waals surface area contributed by atoms with Crippen molar-refractivity contribution in [3.05, 3.63) is 65.5 Å². The molecule has 0 aliphatic rings. The third-order valence-electron chi connectivity index (χ3n) is 4.00. The lowest BCUT2D eigenvalue weighted by Gasteiger charge is -2.21. The summed E-state index contributed by atoms with van der Waals surface area (Å²) >= 11 is 0. The van der Waals surface area contributed by atoms with Gasteiger partial charge in [0.2, 0.25) is 0 Å². The van der Waals surface area contributed by atoms with Gasteiger partial charge in [0.15, 0.2) is 6.10 Å². The largest absolute Gasteiger partial charge is 0.481 e. The molecule has 0 fully saturated rings. The van der Waals surface area contributed by atoms with Crippen LogP contribution in [0.25, 0.3) is 0 Å². The average Bonchev–Trinajstić information content (AvgIpc) is 2.60. The standard InChI is InChI=1S/C20H24FNO2/c1-4-15-6-12-18(13-7-15)24-19(5-2)20(23)22-14(3)16-8-10-17(21)11-9-16/h6-14,19H,4-5H2,1-3H3,(H,22,23)/t14-,19+/m1/s1. The van der Waals surface area contributed by atoms with Crippen molar-refractivity contribution < 1.29 is 13.9 Å². The lowest BCUT2D eigenvalue weighted by molar-refractivity contribution is -0.128. The Kier molecular flexibility index (Phi) is 6.36. The summed E-state index contributed by atoms with van der Waals surface area (Å²) in [6.45, 7) is 5.87. The molecule has 0 aliphatic heterocycles. The molecule has 0 heterocycles. The molecule has 0 radical (unpaired) electrons. The van der Waals surface area contributed by atoms with E-state index in [2.05, 4.69) is 12.2 Å². The molecule has 2 atom stereocenters. The molecule has 128 valence electrons. The number of benzene rings is 2. The summed E-state index contributed by atoms with van der Waals surface area (Å²) in [6.07, 6.45) is 0.977. The van der Waals surface area contributed by atoms with Crippen molar-refractivity contribution >= 4 is 5.91 Å². The van der Waals surface area contributed by atoms with Crippen LogP contribution in [0.3, 0.4) is 0 Å². The Labute approximate surface area is 142 Å². The van der Waals surface area contributed by atoms with E-state index >= 15 is 0 Å². The molecule has 0 aromatic heterocycles. The van der Waals surface area contributed by atoms with E-state index in [-0.39, 0.29) is 17.8 Å². The van der Waals surface area contributed by atoms with Crippen molar-refractivity contribution in [3.8, 4) is 5.75 Å². The number of carbonyl (C=O) groups excluding carboxylic acids is 1. The van der Waals surface area contributed by atoms with Gasteiger partial charge in [0.25, 0.3) is 5.91 Å². The van der Waals surface area contributed by atoms with Crippen LogP contribution in [0.15, 0.2) is 48.5 Å². The van der Waals surface area contributed by atoms with E-state index in [0.29, 0.717) is 12.2 Å². The summed E-state index contributed by atoms with van der Waals surface area (Å²) in [5.74, 6) is 0.222. The minimum atomic E-state index is -0.555. The highest BCUT2D eigenvalue weighted by Crippen LogP contribution is 2.17. The van der Waals surface area contributed by atoms with E-state index in [0.717, 1.165) is 12.0 Å². The molecule has 1 N–H and O–H groups in total. The van der Waals surface area contributed by atoms with Gasteiger partial charge in [-0.2, -0.15) is 0 Å². The van der Waals surface area contributed by atoms with Gasteiger partial charge < -0.3 is 10.1 Å². The lowest BCUT2D eigenvalue weighted by atomic mass is 10.1. The summed E-state index contributed by atoms with van der Waals surface area (Å²) in [6, 6.07) is 13.7. The van der Waals surface area contributed by atoms with Crippen LogP contribution in [-0.4, -0.2) is 12.0 Å². The maximum absolute atomic E-state index is 13.0. The molecule has 24 heavy (non-hydrogen) atoms. The fourth-order valence-electron chi connectivity index (χ4n) is 2.43. The van der Waals surface area contributed by atoms with Gasteiger partial charge in [0.05, 0.1) is 6.04 Å². The Bertz CT molecular complexity index is 652. The van der Waals surface area contributed by atoms with Crippen LogP contribution in [0.1, 0.15) is 44.4 Å². The number of amides is 1. The molecule has 0 spiro atoms.